The highest BCUT2D eigenvalue weighted by atomic mass is 35.5. The average molecular weight is 777 g/mol. The third-order valence-corrected chi connectivity index (χ3v) is 9.88. The molecule has 3 saturated heterocycles. The maximum atomic E-state index is 15.1. The van der Waals surface area contributed by atoms with Crippen LogP contribution in [0.15, 0.2) is 79.1 Å². The normalized spacial score (nSPS) is 18.1. The van der Waals surface area contributed by atoms with Crippen molar-refractivity contribution in [2.45, 2.75) is 51.6 Å². The van der Waals surface area contributed by atoms with Crippen molar-refractivity contribution in [1.82, 2.24) is 4.90 Å². The molecule has 3 fully saturated rings. The van der Waals surface area contributed by atoms with Crippen molar-refractivity contribution >= 4 is 41.0 Å². The number of alkyl halides is 2. The Hall–Kier alpha value is -4.56. The molecule has 0 aliphatic carbocycles. The summed E-state index contributed by atoms with van der Waals surface area (Å²) < 4.78 is 63.6. The highest BCUT2D eigenvalue weighted by molar-refractivity contribution is 6.35. The first kappa shape index (κ1) is 39.6. The van der Waals surface area contributed by atoms with Gasteiger partial charge in [0.1, 0.15) is 28.1 Å². The van der Waals surface area contributed by atoms with E-state index in [1.54, 1.807) is 37.3 Å². The van der Waals surface area contributed by atoms with Crippen LogP contribution < -0.4 is 19.4 Å². The molecule has 53 heavy (non-hydrogen) atoms. The fraction of sp³-hybridized carbons (Fsp3) is 0.342. The highest BCUT2D eigenvalue weighted by Gasteiger charge is 2.38. The first-order chi connectivity index (χ1) is 25.1. The van der Waals surface area contributed by atoms with Crippen molar-refractivity contribution in [1.29, 1.82) is 0 Å². The molecule has 2 N–H and O–H groups in total. The summed E-state index contributed by atoms with van der Waals surface area (Å²) in [6.45, 7) is 1.24. The van der Waals surface area contributed by atoms with Crippen molar-refractivity contribution in [3.8, 4) is 11.5 Å². The van der Waals surface area contributed by atoms with Crippen LogP contribution in [0.4, 0.5) is 23.7 Å². The van der Waals surface area contributed by atoms with E-state index < -0.39 is 30.6 Å². The van der Waals surface area contributed by atoms with Crippen molar-refractivity contribution < 1.29 is 52.2 Å². The summed E-state index contributed by atoms with van der Waals surface area (Å²) in [7, 11) is 0. The van der Waals surface area contributed by atoms with Gasteiger partial charge in [-0.05, 0) is 86.3 Å². The molecule has 2 atom stereocenters. The number of nitrogens with zero attached hydrogens (tertiary/aromatic N) is 2. The van der Waals surface area contributed by atoms with E-state index in [2.05, 4.69) is 14.6 Å². The molecule has 4 heterocycles. The Balaban J connectivity index is 0.00000541. The lowest BCUT2D eigenvalue weighted by atomic mass is 9.86. The predicted molar refractivity (Wildman–Crippen MR) is 190 cm³/mol. The first-order valence-corrected chi connectivity index (χ1v) is 17.7. The van der Waals surface area contributed by atoms with E-state index in [1.165, 1.54) is 53.7 Å². The number of fused-ring (bicyclic) bond motifs is 3. The number of H-pyrrole nitrogens is 1. The van der Waals surface area contributed by atoms with Crippen LogP contribution in [-0.2, 0) is 22.4 Å². The molecule has 10 nitrogen and oxygen atoms in total. The van der Waals surface area contributed by atoms with Gasteiger partial charge >= 0.3 is 18.7 Å². The zero-order chi connectivity index (χ0) is 36.8. The minimum absolute atomic E-state index is 0. The Labute approximate surface area is 314 Å². The van der Waals surface area contributed by atoms with E-state index >= 15 is 4.39 Å². The number of esters is 1. The van der Waals surface area contributed by atoms with Gasteiger partial charge in [0.25, 0.3) is 0 Å². The molecule has 0 saturated carbocycles. The fourth-order valence-corrected chi connectivity index (χ4v) is 7.14. The number of amides is 1. The molecule has 15 heteroatoms. The third kappa shape index (κ3) is 9.71. The largest absolute Gasteiger partial charge is 0.870 e. The van der Waals surface area contributed by atoms with Crippen LogP contribution in [0.25, 0.3) is 0 Å². The van der Waals surface area contributed by atoms with Crippen molar-refractivity contribution in [3.05, 3.63) is 117 Å². The Morgan fingerprint density at radius 2 is 1.72 bits per heavy atom. The van der Waals surface area contributed by atoms with Gasteiger partial charge in [0.05, 0.1) is 24.4 Å². The van der Waals surface area contributed by atoms with Gasteiger partial charge in [0.15, 0.2) is 23.9 Å². The second-order valence-corrected chi connectivity index (χ2v) is 13.4. The lowest BCUT2D eigenvalue weighted by Gasteiger charge is -2.44. The van der Waals surface area contributed by atoms with E-state index in [0.717, 1.165) is 25.9 Å². The lowest BCUT2D eigenvalue weighted by molar-refractivity contribution is -0.377. The second kappa shape index (κ2) is 18.0. The number of pyridine rings is 1. The smallest absolute Gasteiger partial charge is 0.415 e. The van der Waals surface area contributed by atoms with Crippen LogP contribution in [0.1, 0.15) is 52.9 Å². The monoisotopic (exact) mass is 775 g/mol. The topological polar surface area (TPSA) is 122 Å². The summed E-state index contributed by atoms with van der Waals surface area (Å²) in [6.07, 6.45) is 2.94. The summed E-state index contributed by atoms with van der Waals surface area (Å²) in [5.41, 5.74) is 1.57. The number of halogens is 5. The van der Waals surface area contributed by atoms with Crippen LogP contribution >= 0.6 is 23.2 Å². The molecular weight excluding hydrogens is 738 g/mol. The van der Waals surface area contributed by atoms with E-state index in [0.29, 0.717) is 23.2 Å². The number of aromatic nitrogens is 1. The number of para-hydroxylation sites is 1. The van der Waals surface area contributed by atoms with Crippen molar-refractivity contribution in [3.63, 3.8) is 0 Å². The number of rotatable bonds is 13. The van der Waals surface area contributed by atoms with Crippen LogP contribution in [0, 0.1) is 11.7 Å². The van der Waals surface area contributed by atoms with Gasteiger partial charge in [-0.15, -0.1) is 0 Å². The zero-order valence-corrected chi connectivity index (χ0v) is 30.2. The Morgan fingerprint density at radius 1 is 0.981 bits per heavy atom. The number of aromatic amines is 1. The number of nitrogens with one attached hydrogen (secondary N) is 1. The standard InChI is InChI=1S/C38H36Cl2F3N3O6.H2O/c1-2-49-34-17-25(10-11-32(34)51-37(42)43)33(18-27-28(39)19-44-20-29(27)40)50-36(47)26-7-5-6-23(16-26)21-46(31-9-4-3-8-30(31)41)38(48)52-35-22-45-14-12-24(35)13-15-45;/h3-11,16-17,19-20,24,33,35,37H,2,12-15,18,21-22H2,1H3;1H2/t33-,35-;/m0./s1. The maximum Gasteiger partial charge on any atom is 0.415 e. The van der Waals surface area contributed by atoms with Crippen LogP contribution in [-0.4, -0.2) is 61.4 Å². The number of anilines is 1. The number of hydrogen-bond donors (Lipinski definition) is 0. The molecule has 4 aromatic rings. The number of benzene rings is 3. The third-order valence-electron chi connectivity index (χ3n) is 9.21. The fourth-order valence-electron chi connectivity index (χ4n) is 6.60. The molecule has 3 aliphatic heterocycles. The quantitative estimate of drug-likeness (QED) is 0.125. The molecule has 0 radical (unpaired) electrons. The molecule has 2 bridgehead atoms. The van der Waals surface area contributed by atoms with Crippen LogP contribution in [0.5, 0.6) is 11.5 Å². The maximum absolute atomic E-state index is 15.1. The van der Waals surface area contributed by atoms with Crippen LogP contribution in [0.2, 0.25) is 10.0 Å². The summed E-state index contributed by atoms with van der Waals surface area (Å²) in [5, 5.41) is 0.577. The molecule has 282 valence electrons. The number of hydrogen-bond acceptors (Lipinski definition) is 8. The lowest BCUT2D eigenvalue weighted by Crippen LogP contribution is -2.53. The summed E-state index contributed by atoms with van der Waals surface area (Å²) in [4.78, 5) is 33.8. The first-order valence-electron chi connectivity index (χ1n) is 16.9. The van der Waals surface area contributed by atoms with Gasteiger partial charge in [-0.2, -0.15) is 8.78 Å². The van der Waals surface area contributed by atoms with Gasteiger partial charge in [-0.25, -0.2) is 19.0 Å². The molecule has 7 rings (SSSR count). The Kier molecular flexibility index (Phi) is 13.4. The SMILES string of the molecule is CCOc1cc([C@H](Cc2c(Cl)c[nH+]cc2Cl)OC(=O)c2cccc(CN(C(=O)O[C@H]3CN4CCC3CC4)c3ccccc3F)c2)ccc1OC(F)F.[OH-]. The number of carbonyl (C=O) groups excluding carboxylic acids is 2. The predicted octanol–water partition coefficient (Wildman–Crippen LogP) is 8.15. The van der Waals surface area contributed by atoms with Gasteiger partial charge in [0, 0.05) is 18.5 Å². The van der Waals surface area contributed by atoms with Gasteiger partial charge in [0.2, 0.25) is 0 Å². The number of carbonyl (C=O) groups is 2. The average Bonchev–Trinajstić information content (AvgIpc) is 3.13. The van der Waals surface area contributed by atoms with Gasteiger partial charge in [-0.1, -0.05) is 53.5 Å². The van der Waals surface area contributed by atoms with E-state index in [9.17, 15) is 18.4 Å². The molecule has 0 spiro atoms. The molecule has 3 aromatic carbocycles. The summed E-state index contributed by atoms with van der Waals surface area (Å²) in [5.74, 6) is -1.24. The van der Waals surface area contributed by atoms with Crippen molar-refractivity contribution in [2.75, 3.05) is 31.1 Å². The zero-order valence-electron chi connectivity index (χ0n) is 28.7. The van der Waals surface area contributed by atoms with Crippen LogP contribution in [0.3, 0.4) is 0 Å². The number of ether oxygens (including phenoxy) is 4. The Morgan fingerprint density at radius 3 is 2.38 bits per heavy atom. The minimum atomic E-state index is -3.08. The van der Waals surface area contributed by atoms with E-state index in [1.807, 2.05) is 0 Å². The summed E-state index contributed by atoms with van der Waals surface area (Å²) in [6, 6.07) is 16.6. The summed E-state index contributed by atoms with van der Waals surface area (Å²) >= 11 is 12.9. The molecule has 1 amide bonds. The second-order valence-electron chi connectivity index (χ2n) is 12.5. The Bertz CT molecular complexity index is 1880. The molecular formula is C38H38Cl2F3N3O7. The minimum Gasteiger partial charge on any atom is -0.870 e. The highest BCUT2D eigenvalue weighted by Crippen LogP contribution is 2.37. The molecule has 3 aliphatic rings. The molecule has 0 unspecified atom stereocenters. The van der Waals surface area contributed by atoms with Crippen molar-refractivity contribution in [2.24, 2.45) is 5.92 Å². The van der Waals surface area contributed by atoms with Gasteiger partial charge in [-0.3, -0.25) is 9.80 Å². The molecule has 1 aromatic heterocycles. The van der Waals surface area contributed by atoms with E-state index in [4.69, 9.17) is 37.4 Å². The van der Waals surface area contributed by atoms with E-state index in [-0.39, 0.29) is 69.9 Å². The van der Waals surface area contributed by atoms with Gasteiger partial charge < -0.3 is 24.4 Å². The number of piperidine rings is 3.